The van der Waals surface area contributed by atoms with Gasteiger partial charge in [0.1, 0.15) is 19.3 Å². The second-order valence-corrected chi connectivity index (χ2v) is 30.8. The molecule has 0 aromatic heterocycles. The van der Waals surface area contributed by atoms with Crippen LogP contribution >= 0.6 is 15.6 Å². The van der Waals surface area contributed by atoms with Gasteiger partial charge in [0.15, 0.2) is 12.2 Å². The van der Waals surface area contributed by atoms with Crippen LogP contribution < -0.4 is 0 Å². The van der Waals surface area contributed by atoms with Crippen LogP contribution in [0.2, 0.25) is 0 Å². The van der Waals surface area contributed by atoms with E-state index < -0.39 is 97.5 Å². The molecule has 17 nitrogen and oxygen atoms in total. The highest BCUT2D eigenvalue weighted by Crippen LogP contribution is 2.45. The first kappa shape index (κ1) is 93.1. The zero-order chi connectivity index (χ0) is 69.8. The second kappa shape index (κ2) is 69.2. The molecular weight excluding hydrogens is 1250 g/mol. The third-order valence-electron chi connectivity index (χ3n) is 17.8. The molecule has 0 saturated carbocycles. The van der Waals surface area contributed by atoms with Gasteiger partial charge in [0, 0.05) is 25.7 Å². The van der Waals surface area contributed by atoms with E-state index >= 15 is 0 Å². The normalized spacial score (nSPS) is 13.9. The van der Waals surface area contributed by atoms with E-state index in [4.69, 9.17) is 37.0 Å². The zero-order valence-electron chi connectivity index (χ0n) is 61.8. The Morgan fingerprint density at radius 1 is 0.284 bits per heavy atom. The zero-order valence-corrected chi connectivity index (χ0v) is 63.6. The van der Waals surface area contributed by atoms with Crippen molar-refractivity contribution in [1.29, 1.82) is 0 Å². The summed E-state index contributed by atoms with van der Waals surface area (Å²) in [5.74, 6) is -1.41. The molecule has 0 aromatic rings. The summed E-state index contributed by atoms with van der Waals surface area (Å²) in [6.07, 6.45) is 58.4. The van der Waals surface area contributed by atoms with Crippen molar-refractivity contribution in [3.63, 3.8) is 0 Å². The molecule has 19 heteroatoms. The Hall–Kier alpha value is -1.94. The average molecular weight is 1400 g/mol. The Kier molecular flexibility index (Phi) is 67.7. The van der Waals surface area contributed by atoms with E-state index in [1.165, 1.54) is 218 Å². The molecule has 564 valence electrons. The van der Waals surface area contributed by atoms with Crippen molar-refractivity contribution >= 4 is 39.5 Å². The molecule has 0 spiro atoms. The van der Waals surface area contributed by atoms with Gasteiger partial charge in [0.2, 0.25) is 0 Å². The lowest BCUT2D eigenvalue weighted by Crippen LogP contribution is -2.30. The highest BCUT2D eigenvalue weighted by molar-refractivity contribution is 7.47. The van der Waals surface area contributed by atoms with Crippen molar-refractivity contribution in [3.8, 4) is 0 Å². The molecule has 0 aliphatic carbocycles. The summed E-state index contributed by atoms with van der Waals surface area (Å²) in [4.78, 5) is 72.8. The van der Waals surface area contributed by atoms with Crippen LogP contribution in [-0.2, 0) is 65.4 Å². The van der Waals surface area contributed by atoms with Gasteiger partial charge in [-0.2, -0.15) is 0 Å². The van der Waals surface area contributed by atoms with Crippen LogP contribution in [-0.4, -0.2) is 96.7 Å². The van der Waals surface area contributed by atoms with Crippen molar-refractivity contribution < 1.29 is 80.2 Å². The number of unbranched alkanes of at least 4 members (excludes halogenated alkanes) is 48. The number of aliphatic hydroxyl groups is 1. The molecule has 0 radical (unpaired) electrons. The van der Waals surface area contributed by atoms with Gasteiger partial charge in [-0.25, -0.2) is 9.13 Å². The summed E-state index contributed by atoms with van der Waals surface area (Å²) >= 11 is 0. The largest absolute Gasteiger partial charge is 0.472 e. The highest BCUT2D eigenvalue weighted by atomic mass is 31.2. The fourth-order valence-corrected chi connectivity index (χ4v) is 13.3. The predicted octanol–water partition coefficient (Wildman–Crippen LogP) is 22.5. The van der Waals surface area contributed by atoms with E-state index in [1.54, 1.807) is 0 Å². The lowest BCUT2D eigenvalue weighted by atomic mass is 10.0. The lowest BCUT2D eigenvalue weighted by Gasteiger charge is -2.21. The van der Waals surface area contributed by atoms with E-state index in [1.807, 2.05) is 0 Å². The number of hydrogen-bond donors (Lipinski definition) is 3. The minimum absolute atomic E-state index is 0.107. The summed E-state index contributed by atoms with van der Waals surface area (Å²) in [6.45, 7) is 7.23. The molecule has 0 aliphatic rings. The molecular formula is C76H148O17P2. The smallest absolute Gasteiger partial charge is 0.462 e. The first-order valence-corrected chi connectivity index (χ1v) is 42.6. The van der Waals surface area contributed by atoms with Gasteiger partial charge in [0.25, 0.3) is 0 Å². The topological polar surface area (TPSA) is 237 Å². The number of hydrogen-bond acceptors (Lipinski definition) is 15. The van der Waals surface area contributed by atoms with Crippen LogP contribution in [0.15, 0.2) is 0 Å². The molecule has 0 rings (SSSR count). The quantitative estimate of drug-likeness (QED) is 0.0222. The Labute approximate surface area is 581 Å². The maximum atomic E-state index is 13.1. The Morgan fingerprint density at radius 2 is 0.484 bits per heavy atom. The maximum Gasteiger partial charge on any atom is 0.472 e. The third-order valence-corrected chi connectivity index (χ3v) is 19.7. The average Bonchev–Trinajstić information content (AvgIpc) is 3.25. The first-order valence-electron chi connectivity index (χ1n) is 39.6. The van der Waals surface area contributed by atoms with E-state index in [0.29, 0.717) is 31.6 Å². The predicted molar refractivity (Wildman–Crippen MR) is 386 cm³/mol. The Morgan fingerprint density at radius 3 is 0.716 bits per heavy atom. The van der Waals surface area contributed by atoms with E-state index in [-0.39, 0.29) is 25.7 Å². The summed E-state index contributed by atoms with van der Waals surface area (Å²) in [5.41, 5.74) is 0. The third kappa shape index (κ3) is 70.3. The number of esters is 4. The molecule has 0 aliphatic heterocycles. The summed E-state index contributed by atoms with van der Waals surface area (Å²) in [7, 11) is -9.91. The number of carbonyl (C=O) groups is 4. The van der Waals surface area contributed by atoms with Gasteiger partial charge < -0.3 is 33.8 Å². The summed E-state index contributed by atoms with van der Waals surface area (Å²) in [5, 5.41) is 10.6. The van der Waals surface area contributed by atoms with Gasteiger partial charge in [-0.05, 0) is 31.6 Å². The molecule has 0 fully saturated rings. The highest BCUT2D eigenvalue weighted by Gasteiger charge is 2.30. The molecule has 0 bridgehead atoms. The van der Waals surface area contributed by atoms with Crippen molar-refractivity contribution in [2.24, 2.45) is 5.92 Å². The van der Waals surface area contributed by atoms with Crippen LogP contribution in [0.5, 0.6) is 0 Å². The van der Waals surface area contributed by atoms with Crippen molar-refractivity contribution in [2.75, 3.05) is 39.6 Å². The van der Waals surface area contributed by atoms with Gasteiger partial charge >= 0.3 is 39.5 Å². The van der Waals surface area contributed by atoms with Crippen LogP contribution in [0.4, 0.5) is 0 Å². The summed E-state index contributed by atoms with van der Waals surface area (Å²) in [6, 6.07) is 0. The van der Waals surface area contributed by atoms with E-state index in [9.17, 15) is 43.2 Å². The van der Waals surface area contributed by atoms with Crippen LogP contribution in [0.3, 0.4) is 0 Å². The number of phosphoric acid groups is 2. The minimum Gasteiger partial charge on any atom is -0.462 e. The fraction of sp³-hybridized carbons (Fsp3) is 0.947. The molecule has 5 atom stereocenters. The molecule has 2 unspecified atom stereocenters. The molecule has 3 N–H and O–H groups in total. The van der Waals surface area contributed by atoms with Crippen molar-refractivity contribution in [2.45, 2.75) is 419 Å². The number of ether oxygens (including phenoxy) is 4. The summed E-state index contributed by atoms with van der Waals surface area (Å²) < 4.78 is 68.5. The van der Waals surface area contributed by atoms with Gasteiger partial charge in [-0.15, -0.1) is 0 Å². The maximum absolute atomic E-state index is 13.1. The van der Waals surface area contributed by atoms with E-state index in [2.05, 4.69) is 34.6 Å². The number of phosphoric ester groups is 2. The van der Waals surface area contributed by atoms with Gasteiger partial charge in [-0.1, -0.05) is 349 Å². The minimum atomic E-state index is -4.96. The van der Waals surface area contributed by atoms with Crippen LogP contribution in [0.25, 0.3) is 0 Å². The number of aliphatic hydroxyl groups excluding tert-OH is 1. The lowest BCUT2D eigenvalue weighted by molar-refractivity contribution is -0.161. The Balaban J connectivity index is 5.21. The molecule has 0 heterocycles. The van der Waals surface area contributed by atoms with Gasteiger partial charge in [0.05, 0.1) is 26.4 Å². The van der Waals surface area contributed by atoms with Crippen LogP contribution in [0, 0.1) is 5.92 Å². The molecule has 0 saturated heterocycles. The second-order valence-electron chi connectivity index (χ2n) is 27.9. The number of carbonyl (C=O) groups excluding carboxylic acids is 4. The fourth-order valence-electron chi connectivity index (χ4n) is 11.7. The standard InChI is InChI=1S/C76H148O17P2/c1-6-9-12-15-18-21-24-26-28-29-30-31-32-33-35-38-41-46-52-57-62-76(81)92-71(65-86-73(78)59-54-49-44-39-37-34-27-25-22-19-16-13-10-7-2)67-90-94(82,83)88-63-70(77)64-89-95(84,85)91-68-72(66-87-74(79)60-55-50-47-42-43-48-53-58-69(4)5)93-75(80)61-56-51-45-40-36-23-20-17-14-11-8-3/h69-72,77H,6-68H2,1-5H3,(H,82,83)(H,84,85)/t70-,71-,72-/m1/s1. The van der Waals surface area contributed by atoms with Crippen molar-refractivity contribution in [3.05, 3.63) is 0 Å². The Bertz CT molecular complexity index is 1820. The molecule has 0 amide bonds. The van der Waals surface area contributed by atoms with E-state index in [0.717, 1.165) is 96.3 Å². The monoisotopic (exact) mass is 1400 g/mol. The van der Waals surface area contributed by atoms with Crippen LogP contribution in [0.1, 0.15) is 401 Å². The first-order chi connectivity index (χ1) is 46.0. The molecule has 0 aromatic carbocycles. The number of rotatable bonds is 76. The SMILES string of the molecule is CCCCCCCCCCCCCCCCCCCCCCC(=O)O[C@H](COC(=O)CCCCCCCCCCCCCCCC)COP(=O)(O)OC[C@@H](O)COP(=O)(O)OC[C@@H](COC(=O)CCCCCCCCCC(C)C)OC(=O)CCCCCCCCCCCCC. The van der Waals surface area contributed by atoms with Gasteiger partial charge in [-0.3, -0.25) is 37.3 Å². The van der Waals surface area contributed by atoms with Crippen molar-refractivity contribution in [1.82, 2.24) is 0 Å². The molecule has 95 heavy (non-hydrogen) atoms.